The predicted octanol–water partition coefficient (Wildman–Crippen LogP) is 0.0776. The lowest BCUT2D eigenvalue weighted by Crippen LogP contribution is -2.32. The van der Waals surface area contributed by atoms with E-state index in [4.69, 9.17) is 15.2 Å². The van der Waals surface area contributed by atoms with Crippen molar-refractivity contribution in [1.82, 2.24) is 10.6 Å². The Morgan fingerprint density at radius 2 is 1.71 bits per heavy atom. The normalized spacial score (nSPS) is 10.4. The van der Waals surface area contributed by atoms with E-state index in [1.54, 1.807) is 0 Å². The number of carbonyl (C=O) groups excluding carboxylic acids is 1. The summed E-state index contributed by atoms with van der Waals surface area (Å²) in [5, 5.41) is 5.72. The number of carbonyl (C=O) groups is 1. The lowest BCUT2D eigenvalue weighted by Gasteiger charge is -2.06. The van der Waals surface area contributed by atoms with Crippen LogP contribution >= 0.6 is 0 Å². The van der Waals surface area contributed by atoms with Gasteiger partial charge in [0.1, 0.15) is 0 Å². The number of ether oxygens (including phenoxy) is 2. The number of urea groups is 1. The second kappa shape index (κ2) is 13.2. The number of nitrogens with two attached hydrogens (primary N) is 1. The second-order valence-electron chi connectivity index (χ2n) is 3.62. The molecular weight excluding hydrogens is 222 g/mol. The van der Waals surface area contributed by atoms with Crippen LogP contribution in [0.3, 0.4) is 0 Å². The fraction of sp³-hybridized carbons (Fsp3) is 0.909. The van der Waals surface area contributed by atoms with Crippen molar-refractivity contribution in [3.63, 3.8) is 0 Å². The Hall–Kier alpha value is -0.850. The Labute approximate surface area is 103 Å². The highest BCUT2D eigenvalue weighted by Gasteiger charge is 1.92. The summed E-state index contributed by atoms with van der Waals surface area (Å²) in [6, 6.07) is -0.525. The zero-order valence-electron chi connectivity index (χ0n) is 10.7. The van der Waals surface area contributed by atoms with Crippen molar-refractivity contribution in [2.24, 2.45) is 5.73 Å². The maximum atomic E-state index is 10.3. The predicted molar refractivity (Wildman–Crippen MR) is 67.0 cm³/mol. The van der Waals surface area contributed by atoms with Gasteiger partial charge < -0.3 is 25.8 Å². The van der Waals surface area contributed by atoms with Gasteiger partial charge in [-0.15, -0.1) is 0 Å². The first-order valence-corrected chi connectivity index (χ1v) is 6.17. The molecule has 0 aromatic heterocycles. The Balaban J connectivity index is 2.91. The molecule has 0 aliphatic carbocycles. The highest BCUT2D eigenvalue weighted by Crippen LogP contribution is 1.82. The number of amides is 2. The Bertz CT molecular complexity index is 179. The molecule has 0 spiro atoms. The molecule has 4 N–H and O–H groups in total. The molecule has 0 radical (unpaired) electrons. The van der Waals surface area contributed by atoms with Crippen molar-refractivity contribution < 1.29 is 14.3 Å². The van der Waals surface area contributed by atoms with Gasteiger partial charge in [-0.3, -0.25) is 0 Å². The van der Waals surface area contributed by atoms with Crippen LogP contribution in [0.2, 0.25) is 0 Å². The van der Waals surface area contributed by atoms with E-state index in [0.717, 1.165) is 13.1 Å². The van der Waals surface area contributed by atoms with Crippen LogP contribution in [0, 0.1) is 0 Å². The average Bonchev–Trinajstić information content (AvgIpc) is 2.30. The number of nitrogens with one attached hydrogen (secondary N) is 2. The van der Waals surface area contributed by atoms with Crippen molar-refractivity contribution in [3.8, 4) is 0 Å². The number of rotatable bonds is 12. The third kappa shape index (κ3) is 15.1. The summed E-state index contributed by atoms with van der Waals surface area (Å²) in [4.78, 5) is 10.3. The molecule has 0 saturated carbocycles. The molecule has 102 valence electrons. The zero-order valence-corrected chi connectivity index (χ0v) is 10.7. The highest BCUT2D eigenvalue weighted by atomic mass is 16.5. The van der Waals surface area contributed by atoms with E-state index >= 15 is 0 Å². The van der Waals surface area contributed by atoms with E-state index in [2.05, 4.69) is 17.6 Å². The van der Waals surface area contributed by atoms with E-state index in [-0.39, 0.29) is 0 Å². The van der Waals surface area contributed by atoms with Gasteiger partial charge in [0.05, 0.1) is 26.4 Å². The molecule has 0 bridgehead atoms. The first-order valence-electron chi connectivity index (χ1n) is 6.17. The number of hydrogen-bond acceptors (Lipinski definition) is 4. The Morgan fingerprint density at radius 1 is 1.06 bits per heavy atom. The van der Waals surface area contributed by atoms with Crippen LogP contribution in [0.1, 0.15) is 19.8 Å². The molecule has 0 aliphatic heterocycles. The topological polar surface area (TPSA) is 85.6 Å². The van der Waals surface area contributed by atoms with Gasteiger partial charge in [0, 0.05) is 13.1 Å². The summed E-state index contributed by atoms with van der Waals surface area (Å²) < 4.78 is 10.6. The molecule has 0 aromatic rings. The summed E-state index contributed by atoms with van der Waals surface area (Å²) in [7, 11) is 0. The van der Waals surface area contributed by atoms with Gasteiger partial charge >= 0.3 is 6.03 Å². The Kier molecular flexibility index (Phi) is 12.6. The van der Waals surface area contributed by atoms with Gasteiger partial charge in [-0.05, 0) is 13.0 Å². The van der Waals surface area contributed by atoms with E-state index in [9.17, 15) is 4.79 Å². The summed E-state index contributed by atoms with van der Waals surface area (Å²) in [6.07, 6.45) is 2.41. The van der Waals surface area contributed by atoms with Crippen molar-refractivity contribution in [3.05, 3.63) is 0 Å². The van der Waals surface area contributed by atoms with Crippen LogP contribution < -0.4 is 16.4 Å². The fourth-order valence-corrected chi connectivity index (χ4v) is 1.14. The van der Waals surface area contributed by atoms with Gasteiger partial charge in [0.2, 0.25) is 0 Å². The molecule has 2 amide bonds. The van der Waals surface area contributed by atoms with Crippen LogP contribution in [0.15, 0.2) is 0 Å². The van der Waals surface area contributed by atoms with E-state index in [1.165, 1.54) is 12.8 Å². The van der Waals surface area contributed by atoms with Crippen molar-refractivity contribution >= 4 is 6.03 Å². The lowest BCUT2D eigenvalue weighted by atomic mass is 10.3. The van der Waals surface area contributed by atoms with E-state index in [0.29, 0.717) is 33.0 Å². The minimum absolute atomic E-state index is 0.438. The summed E-state index contributed by atoms with van der Waals surface area (Å²) in [6.45, 7) is 6.81. The third-order valence-corrected chi connectivity index (χ3v) is 2.05. The highest BCUT2D eigenvalue weighted by molar-refractivity contribution is 5.71. The maximum Gasteiger partial charge on any atom is 0.312 e. The molecule has 0 heterocycles. The number of hydrogen-bond donors (Lipinski definition) is 3. The SMILES string of the molecule is CCCCNCCOCCOCCNC(N)=O. The second-order valence-corrected chi connectivity index (χ2v) is 3.62. The quantitative estimate of drug-likeness (QED) is 0.426. The zero-order chi connectivity index (χ0) is 12.8. The molecule has 0 atom stereocenters. The van der Waals surface area contributed by atoms with Gasteiger partial charge in [0.25, 0.3) is 0 Å². The molecule has 6 nitrogen and oxygen atoms in total. The lowest BCUT2D eigenvalue weighted by molar-refractivity contribution is 0.0505. The summed E-state index contributed by atoms with van der Waals surface area (Å²) in [5.41, 5.74) is 4.89. The number of unbranched alkanes of at least 4 members (excludes halogenated alkanes) is 1. The van der Waals surface area contributed by atoms with Gasteiger partial charge in [-0.1, -0.05) is 13.3 Å². The van der Waals surface area contributed by atoms with Crippen LogP contribution in [0.4, 0.5) is 4.79 Å². The monoisotopic (exact) mass is 247 g/mol. The van der Waals surface area contributed by atoms with Crippen molar-refractivity contribution in [2.75, 3.05) is 46.1 Å². The minimum atomic E-state index is -0.525. The number of primary amides is 1. The van der Waals surface area contributed by atoms with Crippen LogP contribution in [-0.4, -0.2) is 52.1 Å². The van der Waals surface area contributed by atoms with Crippen molar-refractivity contribution in [1.29, 1.82) is 0 Å². The van der Waals surface area contributed by atoms with Crippen LogP contribution in [0.25, 0.3) is 0 Å². The smallest absolute Gasteiger partial charge is 0.312 e. The summed E-state index contributed by atoms with van der Waals surface area (Å²) in [5.74, 6) is 0. The van der Waals surface area contributed by atoms with Gasteiger partial charge in [-0.2, -0.15) is 0 Å². The molecule has 0 fully saturated rings. The largest absolute Gasteiger partial charge is 0.378 e. The van der Waals surface area contributed by atoms with Crippen LogP contribution in [-0.2, 0) is 9.47 Å². The molecule has 0 aromatic carbocycles. The summed E-state index contributed by atoms with van der Waals surface area (Å²) >= 11 is 0. The van der Waals surface area contributed by atoms with Crippen LogP contribution in [0.5, 0.6) is 0 Å². The fourth-order valence-electron chi connectivity index (χ4n) is 1.14. The molecule has 0 aliphatic rings. The Morgan fingerprint density at radius 3 is 2.29 bits per heavy atom. The third-order valence-electron chi connectivity index (χ3n) is 2.05. The molecular formula is C11H25N3O3. The van der Waals surface area contributed by atoms with E-state index in [1.807, 2.05) is 0 Å². The standard InChI is InChI=1S/C11H25N3O3/c1-2-3-4-13-5-7-16-9-10-17-8-6-14-11(12)15/h13H,2-10H2,1H3,(H3,12,14,15). The average molecular weight is 247 g/mol. The van der Waals surface area contributed by atoms with Gasteiger partial charge in [0.15, 0.2) is 0 Å². The molecule has 17 heavy (non-hydrogen) atoms. The maximum absolute atomic E-state index is 10.3. The molecule has 0 saturated heterocycles. The van der Waals surface area contributed by atoms with Gasteiger partial charge in [-0.25, -0.2) is 4.79 Å². The molecule has 0 rings (SSSR count). The minimum Gasteiger partial charge on any atom is -0.378 e. The first kappa shape index (κ1) is 16.1. The van der Waals surface area contributed by atoms with E-state index < -0.39 is 6.03 Å². The van der Waals surface area contributed by atoms with Crippen molar-refractivity contribution in [2.45, 2.75) is 19.8 Å². The first-order chi connectivity index (χ1) is 8.27. The molecule has 0 unspecified atom stereocenters. The molecule has 6 heteroatoms.